The predicted octanol–water partition coefficient (Wildman–Crippen LogP) is 2.78. The fourth-order valence-electron chi connectivity index (χ4n) is 5.31. The molecule has 0 aromatic rings. The molecule has 102 valence electrons. The Morgan fingerprint density at radius 2 is 1.78 bits per heavy atom. The number of piperidine rings is 1. The number of rotatable bonds is 2. The van der Waals surface area contributed by atoms with Gasteiger partial charge in [-0.25, -0.2) is 0 Å². The van der Waals surface area contributed by atoms with Crippen molar-refractivity contribution in [3.05, 3.63) is 0 Å². The van der Waals surface area contributed by atoms with Crippen LogP contribution in [0.1, 0.15) is 57.8 Å². The second-order valence-electron chi connectivity index (χ2n) is 7.55. The second-order valence-corrected chi connectivity index (χ2v) is 7.55. The monoisotopic (exact) mass is 248 g/mol. The van der Waals surface area contributed by atoms with Gasteiger partial charge in [0.1, 0.15) is 0 Å². The first-order chi connectivity index (χ1) is 8.83. The molecule has 0 amide bonds. The highest BCUT2D eigenvalue weighted by Gasteiger charge is 2.41. The molecule has 4 aliphatic rings. The molecule has 2 nitrogen and oxygen atoms in total. The number of hydrogen-bond donors (Lipinski definition) is 1. The Bertz CT molecular complexity index is 298. The first-order valence-electron chi connectivity index (χ1n) is 8.31. The summed E-state index contributed by atoms with van der Waals surface area (Å²) >= 11 is 0. The van der Waals surface area contributed by atoms with Crippen molar-refractivity contribution >= 4 is 0 Å². The average Bonchev–Trinajstić information content (AvgIpc) is 3.09. The summed E-state index contributed by atoms with van der Waals surface area (Å²) in [4.78, 5) is 2.79. The van der Waals surface area contributed by atoms with Gasteiger partial charge < -0.3 is 10.2 Å². The molecule has 1 N–H and O–H groups in total. The Balaban J connectivity index is 1.30. The molecule has 2 heteroatoms. The highest BCUT2D eigenvalue weighted by Crippen LogP contribution is 2.46. The van der Waals surface area contributed by atoms with Crippen LogP contribution in [0, 0.1) is 11.3 Å². The Morgan fingerprint density at radius 3 is 2.39 bits per heavy atom. The van der Waals surface area contributed by atoms with E-state index in [0.717, 1.165) is 23.4 Å². The zero-order valence-electron chi connectivity index (χ0n) is 11.7. The van der Waals surface area contributed by atoms with Gasteiger partial charge in [-0.2, -0.15) is 0 Å². The summed E-state index contributed by atoms with van der Waals surface area (Å²) in [7, 11) is 0. The van der Waals surface area contributed by atoms with E-state index < -0.39 is 0 Å². The Hall–Kier alpha value is -0.0800. The maximum absolute atomic E-state index is 3.79. The molecule has 0 radical (unpaired) electrons. The van der Waals surface area contributed by atoms with Crippen molar-refractivity contribution in [3.8, 4) is 0 Å². The van der Waals surface area contributed by atoms with Crippen LogP contribution in [0.15, 0.2) is 0 Å². The quantitative estimate of drug-likeness (QED) is 0.808. The van der Waals surface area contributed by atoms with E-state index in [-0.39, 0.29) is 0 Å². The molecule has 18 heavy (non-hydrogen) atoms. The number of likely N-dealkylation sites (tertiary alicyclic amines) is 1. The van der Waals surface area contributed by atoms with E-state index in [0.29, 0.717) is 0 Å². The molecule has 3 unspecified atom stereocenters. The van der Waals surface area contributed by atoms with Crippen LogP contribution in [0.2, 0.25) is 0 Å². The number of nitrogens with zero attached hydrogens (tertiary/aromatic N) is 1. The number of nitrogens with one attached hydrogen (secondary N) is 1. The van der Waals surface area contributed by atoms with Crippen LogP contribution < -0.4 is 5.32 Å². The Labute approximate surface area is 111 Å². The second kappa shape index (κ2) is 4.49. The molecule has 3 heterocycles. The third-order valence-corrected chi connectivity index (χ3v) is 6.51. The Morgan fingerprint density at radius 1 is 1.00 bits per heavy atom. The first-order valence-corrected chi connectivity index (χ1v) is 8.31. The number of fused-ring (bicyclic) bond motifs is 2. The lowest BCUT2D eigenvalue weighted by atomic mass is 9.76. The van der Waals surface area contributed by atoms with Crippen LogP contribution in [0.25, 0.3) is 0 Å². The van der Waals surface area contributed by atoms with Crippen molar-refractivity contribution < 1.29 is 0 Å². The molecule has 3 saturated heterocycles. The smallest absolute Gasteiger partial charge is 0.0111 e. The molecule has 3 atom stereocenters. The van der Waals surface area contributed by atoms with Crippen LogP contribution in [0.4, 0.5) is 0 Å². The van der Waals surface area contributed by atoms with Crippen LogP contribution in [0.3, 0.4) is 0 Å². The van der Waals surface area contributed by atoms with Crippen LogP contribution >= 0.6 is 0 Å². The minimum Gasteiger partial charge on any atom is -0.311 e. The maximum Gasteiger partial charge on any atom is 0.0111 e. The molecule has 0 aromatic heterocycles. The zero-order valence-corrected chi connectivity index (χ0v) is 11.7. The van der Waals surface area contributed by atoms with Gasteiger partial charge in [0.05, 0.1) is 0 Å². The summed E-state index contributed by atoms with van der Waals surface area (Å²) in [5.74, 6) is 0.973. The lowest BCUT2D eigenvalue weighted by molar-refractivity contribution is 0.0918. The van der Waals surface area contributed by atoms with Gasteiger partial charge in [-0.3, -0.25) is 0 Å². The molecule has 2 bridgehead atoms. The topological polar surface area (TPSA) is 15.3 Å². The molecule has 1 spiro atoms. The standard InChI is InChI=1S/C16H28N2/c1-2-6-16(5-1)7-9-18(10-8-16)12-13-11-14-3-4-15(13)17-14/h13-15,17H,1-12H2. The van der Waals surface area contributed by atoms with Gasteiger partial charge in [0.2, 0.25) is 0 Å². The number of hydrogen-bond acceptors (Lipinski definition) is 2. The summed E-state index contributed by atoms with van der Waals surface area (Å²) in [5.41, 5.74) is 0.795. The van der Waals surface area contributed by atoms with Gasteiger partial charge in [0.25, 0.3) is 0 Å². The molecule has 0 aromatic carbocycles. The van der Waals surface area contributed by atoms with E-state index in [1.165, 1.54) is 77.4 Å². The molecular formula is C16H28N2. The summed E-state index contributed by atoms with van der Waals surface area (Å²) < 4.78 is 0. The highest BCUT2D eigenvalue weighted by molar-refractivity contribution is 4.99. The van der Waals surface area contributed by atoms with Crippen LogP contribution in [-0.2, 0) is 0 Å². The minimum atomic E-state index is 0.795. The van der Waals surface area contributed by atoms with E-state index in [2.05, 4.69) is 10.2 Å². The molecule has 3 aliphatic heterocycles. The molecular weight excluding hydrogens is 220 g/mol. The van der Waals surface area contributed by atoms with Crippen molar-refractivity contribution in [1.29, 1.82) is 0 Å². The summed E-state index contributed by atoms with van der Waals surface area (Å²) in [5, 5.41) is 3.79. The lowest BCUT2D eigenvalue weighted by Gasteiger charge is -2.41. The van der Waals surface area contributed by atoms with Gasteiger partial charge in [-0.05, 0) is 69.4 Å². The molecule has 1 saturated carbocycles. The average molecular weight is 248 g/mol. The normalized spacial score (nSPS) is 43.0. The van der Waals surface area contributed by atoms with E-state index >= 15 is 0 Å². The lowest BCUT2D eigenvalue weighted by Crippen LogP contribution is -2.43. The van der Waals surface area contributed by atoms with Crippen LogP contribution in [-0.4, -0.2) is 36.6 Å². The van der Waals surface area contributed by atoms with Gasteiger partial charge in [-0.1, -0.05) is 12.8 Å². The van der Waals surface area contributed by atoms with E-state index in [1.54, 1.807) is 0 Å². The molecule has 1 aliphatic carbocycles. The fraction of sp³-hybridized carbons (Fsp3) is 1.00. The van der Waals surface area contributed by atoms with Crippen LogP contribution in [0.5, 0.6) is 0 Å². The predicted molar refractivity (Wildman–Crippen MR) is 74.6 cm³/mol. The highest BCUT2D eigenvalue weighted by atomic mass is 15.2. The van der Waals surface area contributed by atoms with Crippen molar-refractivity contribution in [3.63, 3.8) is 0 Å². The van der Waals surface area contributed by atoms with Gasteiger partial charge in [-0.15, -0.1) is 0 Å². The van der Waals surface area contributed by atoms with Gasteiger partial charge >= 0.3 is 0 Å². The van der Waals surface area contributed by atoms with Gasteiger partial charge in [0.15, 0.2) is 0 Å². The maximum atomic E-state index is 3.79. The Kier molecular flexibility index (Phi) is 2.92. The largest absolute Gasteiger partial charge is 0.311 e. The summed E-state index contributed by atoms with van der Waals surface area (Å²) in [6, 6.07) is 1.75. The third-order valence-electron chi connectivity index (χ3n) is 6.51. The summed E-state index contributed by atoms with van der Waals surface area (Å²) in [6.07, 6.45) is 13.5. The van der Waals surface area contributed by atoms with Crippen molar-refractivity contribution in [1.82, 2.24) is 10.2 Å². The SMILES string of the molecule is C1CCC2(C1)CCN(CC1CC3CCC1N3)CC2. The molecule has 4 rings (SSSR count). The van der Waals surface area contributed by atoms with Crippen molar-refractivity contribution in [2.45, 2.75) is 69.9 Å². The molecule has 4 fully saturated rings. The van der Waals surface area contributed by atoms with Crippen molar-refractivity contribution in [2.75, 3.05) is 19.6 Å². The minimum absolute atomic E-state index is 0.795. The van der Waals surface area contributed by atoms with E-state index in [1.807, 2.05) is 0 Å². The fourth-order valence-corrected chi connectivity index (χ4v) is 5.31. The van der Waals surface area contributed by atoms with E-state index in [9.17, 15) is 0 Å². The van der Waals surface area contributed by atoms with Gasteiger partial charge in [0, 0.05) is 18.6 Å². The zero-order chi connectivity index (χ0) is 12.0. The third kappa shape index (κ3) is 2.02. The summed E-state index contributed by atoms with van der Waals surface area (Å²) in [6.45, 7) is 4.19. The first kappa shape index (κ1) is 11.7. The van der Waals surface area contributed by atoms with E-state index in [4.69, 9.17) is 0 Å². The van der Waals surface area contributed by atoms with Crippen molar-refractivity contribution in [2.24, 2.45) is 11.3 Å².